The lowest BCUT2D eigenvalue weighted by molar-refractivity contribution is -0.113. The summed E-state index contributed by atoms with van der Waals surface area (Å²) in [5, 5.41) is 13.5. The van der Waals surface area contributed by atoms with E-state index in [1.807, 2.05) is 0 Å². The van der Waals surface area contributed by atoms with Crippen molar-refractivity contribution in [2.75, 3.05) is 18.2 Å². The van der Waals surface area contributed by atoms with E-state index in [9.17, 15) is 14.0 Å². The van der Waals surface area contributed by atoms with Gasteiger partial charge in [-0.1, -0.05) is 11.8 Å². The smallest absolute Gasteiger partial charge is 0.340 e. The number of hydrogen-bond donors (Lipinski definition) is 1. The summed E-state index contributed by atoms with van der Waals surface area (Å²) >= 11 is 2.44. The fraction of sp³-hybridized carbons (Fsp3) is 0.222. The molecule has 1 aromatic carbocycles. The zero-order chi connectivity index (χ0) is 20.8. The topological polar surface area (TPSA) is 95.3 Å². The molecule has 29 heavy (non-hydrogen) atoms. The molecule has 11 heteroatoms. The van der Waals surface area contributed by atoms with Crippen LogP contribution >= 0.6 is 23.1 Å². The lowest BCUT2D eigenvalue weighted by Gasteiger charge is -2.07. The number of carbonyl (C=O) groups is 2. The molecule has 0 radical (unpaired) electrons. The van der Waals surface area contributed by atoms with Gasteiger partial charge in [0.05, 0.1) is 18.4 Å². The van der Waals surface area contributed by atoms with Crippen LogP contribution in [0.4, 0.5) is 9.39 Å². The van der Waals surface area contributed by atoms with Crippen molar-refractivity contribution in [3.8, 4) is 5.75 Å². The van der Waals surface area contributed by atoms with E-state index < -0.39 is 5.97 Å². The fourth-order valence-corrected chi connectivity index (χ4v) is 3.77. The second-order valence-electron chi connectivity index (χ2n) is 5.69. The third-order valence-corrected chi connectivity index (χ3v) is 5.61. The van der Waals surface area contributed by atoms with Crippen LogP contribution in [0.25, 0.3) is 0 Å². The monoisotopic (exact) mass is 436 g/mol. The van der Waals surface area contributed by atoms with Crippen molar-refractivity contribution in [1.29, 1.82) is 0 Å². The number of aromatic nitrogens is 3. The number of anilines is 1. The number of esters is 1. The largest absolute Gasteiger partial charge is 0.486 e. The Labute approximate surface area is 174 Å². The molecule has 1 amide bonds. The Hall–Kier alpha value is -2.92. The van der Waals surface area contributed by atoms with E-state index in [1.54, 1.807) is 23.1 Å². The van der Waals surface area contributed by atoms with E-state index in [0.717, 1.165) is 0 Å². The summed E-state index contributed by atoms with van der Waals surface area (Å²) < 4.78 is 24.9. The fourth-order valence-electron chi connectivity index (χ4n) is 2.24. The first-order valence-corrected chi connectivity index (χ1v) is 10.2. The Morgan fingerprint density at radius 1 is 1.24 bits per heavy atom. The minimum atomic E-state index is -0.506. The van der Waals surface area contributed by atoms with Gasteiger partial charge in [-0.15, -0.1) is 21.5 Å². The molecule has 0 saturated carbocycles. The number of ether oxygens (including phenoxy) is 2. The van der Waals surface area contributed by atoms with E-state index in [4.69, 9.17) is 4.74 Å². The van der Waals surface area contributed by atoms with Gasteiger partial charge in [-0.25, -0.2) is 9.18 Å². The third-order valence-electron chi connectivity index (χ3n) is 3.76. The van der Waals surface area contributed by atoms with Crippen molar-refractivity contribution in [1.82, 2.24) is 14.8 Å². The molecule has 1 N–H and O–H groups in total. The van der Waals surface area contributed by atoms with Crippen LogP contribution in [0.5, 0.6) is 5.75 Å². The van der Waals surface area contributed by atoms with E-state index in [2.05, 4.69) is 20.3 Å². The molecule has 0 spiro atoms. The third kappa shape index (κ3) is 5.33. The molecule has 0 atom stereocenters. The van der Waals surface area contributed by atoms with Crippen LogP contribution in [0.15, 0.2) is 40.9 Å². The first-order valence-electron chi connectivity index (χ1n) is 8.33. The molecule has 0 aliphatic heterocycles. The van der Waals surface area contributed by atoms with E-state index in [-0.39, 0.29) is 24.1 Å². The Morgan fingerprint density at radius 3 is 2.72 bits per heavy atom. The molecule has 0 bridgehead atoms. The van der Waals surface area contributed by atoms with Gasteiger partial charge in [-0.3, -0.25) is 4.79 Å². The highest BCUT2D eigenvalue weighted by atomic mass is 32.2. The van der Waals surface area contributed by atoms with Crippen LogP contribution in [0, 0.1) is 5.82 Å². The maximum atomic E-state index is 12.9. The minimum Gasteiger partial charge on any atom is -0.486 e. The molecule has 0 aliphatic rings. The van der Waals surface area contributed by atoms with Crippen LogP contribution in [-0.4, -0.2) is 39.5 Å². The van der Waals surface area contributed by atoms with Crippen LogP contribution in [-0.2, 0) is 23.2 Å². The molecule has 3 rings (SSSR count). The summed E-state index contributed by atoms with van der Waals surface area (Å²) in [6, 6.07) is 7.27. The number of nitrogens with zero attached hydrogens (tertiary/aromatic N) is 3. The molecule has 3 aromatic rings. The molecule has 8 nitrogen and oxygen atoms in total. The van der Waals surface area contributed by atoms with Crippen LogP contribution in [0.3, 0.4) is 0 Å². The van der Waals surface area contributed by atoms with E-state index in [0.29, 0.717) is 27.3 Å². The highest BCUT2D eigenvalue weighted by molar-refractivity contribution is 7.99. The van der Waals surface area contributed by atoms with Crippen molar-refractivity contribution in [3.63, 3.8) is 0 Å². The van der Waals surface area contributed by atoms with Crippen molar-refractivity contribution in [3.05, 3.63) is 52.9 Å². The second-order valence-corrected chi connectivity index (χ2v) is 7.55. The second kappa shape index (κ2) is 9.52. The molecule has 2 aromatic heterocycles. The normalized spacial score (nSPS) is 10.6. The number of nitrogens with one attached hydrogen (secondary N) is 1. The Bertz CT molecular complexity index is 1000. The number of amides is 1. The van der Waals surface area contributed by atoms with Gasteiger partial charge in [-0.2, -0.15) is 0 Å². The quantitative estimate of drug-likeness (QED) is 0.428. The SMILES string of the molecule is COC(=O)c1ccsc1NC(=O)CSc1nnc(COc2ccc(F)cc2)n1C. The first kappa shape index (κ1) is 20.8. The predicted octanol–water partition coefficient (Wildman–Crippen LogP) is 3.11. The van der Waals surface area contributed by atoms with Crippen LogP contribution in [0.2, 0.25) is 0 Å². The Kier molecular flexibility index (Phi) is 6.83. The van der Waals surface area contributed by atoms with E-state index in [1.165, 1.54) is 54.5 Å². The molecule has 152 valence electrons. The average Bonchev–Trinajstić information content (AvgIpc) is 3.32. The minimum absolute atomic E-state index is 0.0866. The molecule has 0 saturated heterocycles. The van der Waals surface area contributed by atoms with Gasteiger partial charge in [0.2, 0.25) is 5.91 Å². The molecule has 2 heterocycles. The van der Waals surface area contributed by atoms with Crippen molar-refractivity contribution in [2.24, 2.45) is 7.05 Å². The van der Waals surface area contributed by atoms with Crippen LogP contribution in [0.1, 0.15) is 16.2 Å². The lowest BCUT2D eigenvalue weighted by atomic mass is 10.3. The summed E-state index contributed by atoms with van der Waals surface area (Å²) in [4.78, 5) is 23.9. The first-order chi connectivity index (χ1) is 14.0. The van der Waals surface area contributed by atoms with Gasteiger partial charge >= 0.3 is 5.97 Å². The van der Waals surface area contributed by atoms with Crippen molar-refractivity contribution >= 4 is 40.0 Å². The van der Waals surface area contributed by atoms with Gasteiger partial charge < -0.3 is 19.4 Å². The summed E-state index contributed by atoms with van der Waals surface area (Å²) in [5.74, 6) is 0.0320. The lowest BCUT2D eigenvalue weighted by Crippen LogP contribution is -2.16. The summed E-state index contributed by atoms with van der Waals surface area (Å²) in [6.45, 7) is 0.152. The number of thiophene rings is 1. The summed E-state index contributed by atoms with van der Waals surface area (Å²) in [6.07, 6.45) is 0. The number of methoxy groups -OCH3 is 1. The summed E-state index contributed by atoms with van der Waals surface area (Å²) in [5.41, 5.74) is 0.315. The van der Waals surface area contributed by atoms with Gasteiger partial charge in [0.15, 0.2) is 11.0 Å². The van der Waals surface area contributed by atoms with Gasteiger partial charge in [0, 0.05) is 7.05 Å². The number of carbonyl (C=O) groups excluding carboxylic acids is 2. The number of halogens is 1. The molecule has 0 aliphatic carbocycles. The van der Waals surface area contributed by atoms with Crippen molar-refractivity contribution < 1.29 is 23.5 Å². The number of thioether (sulfide) groups is 1. The predicted molar refractivity (Wildman–Crippen MR) is 107 cm³/mol. The molecular weight excluding hydrogens is 419 g/mol. The average molecular weight is 436 g/mol. The molecule has 0 unspecified atom stereocenters. The maximum absolute atomic E-state index is 12.9. The Morgan fingerprint density at radius 2 is 2.00 bits per heavy atom. The molecule has 0 fully saturated rings. The number of rotatable bonds is 8. The molecular formula is C18H17FN4O4S2. The maximum Gasteiger partial charge on any atom is 0.340 e. The highest BCUT2D eigenvalue weighted by Gasteiger charge is 2.17. The number of hydrogen-bond acceptors (Lipinski definition) is 8. The van der Waals surface area contributed by atoms with Gasteiger partial charge in [0.1, 0.15) is 23.2 Å². The van der Waals surface area contributed by atoms with Gasteiger partial charge in [-0.05, 0) is 35.7 Å². The summed E-state index contributed by atoms with van der Waals surface area (Å²) in [7, 11) is 3.05. The van der Waals surface area contributed by atoms with Crippen molar-refractivity contribution in [2.45, 2.75) is 11.8 Å². The standard InChI is InChI=1S/C18H17FN4O4S2/c1-23-14(9-27-12-5-3-11(19)4-6-12)21-22-18(23)29-10-15(24)20-16-13(7-8-28-16)17(25)26-2/h3-8H,9-10H2,1-2H3,(H,20,24). The van der Waals surface area contributed by atoms with Crippen LogP contribution < -0.4 is 10.1 Å². The zero-order valence-corrected chi connectivity index (χ0v) is 17.2. The zero-order valence-electron chi connectivity index (χ0n) is 15.5. The Balaban J connectivity index is 1.53. The number of benzene rings is 1. The van der Waals surface area contributed by atoms with E-state index >= 15 is 0 Å². The highest BCUT2D eigenvalue weighted by Crippen LogP contribution is 2.25. The van der Waals surface area contributed by atoms with Gasteiger partial charge in [0.25, 0.3) is 0 Å².